The van der Waals surface area contributed by atoms with Crippen LogP contribution in [-0.4, -0.2) is 76.1 Å². The summed E-state index contributed by atoms with van der Waals surface area (Å²) in [6.07, 6.45) is 2.43. The minimum Gasteiger partial charge on any atom is -0.491 e. The first kappa shape index (κ1) is 28.4. The lowest BCUT2D eigenvalue weighted by Crippen LogP contribution is -2.49. The number of benzene rings is 2. The van der Waals surface area contributed by atoms with Gasteiger partial charge in [0.25, 0.3) is 5.91 Å². The zero-order chi connectivity index (χ0) is 26.8. The van der Waals surface area contributed by atoms with E-state index in [0.29, 0.717) is 36.6 Å². The monoisotopic (exact) mass is 550 g/mol. The topological polar surface area (TPSA) is 134 Å². The normalized spacial score (nSPS) is 17.9. The van der Waals surface area contributed by atoms with Crippen LogP contribution in [0, 0.1) is 0 Å². The van der Waals surface area contributed by atoms with Crippen LogP contribution in [0.4, 0.5) is 0 Å². The lowest BCUT2D eigenvalue weighted by Gasteiger charge is -2.25. The van der Waals surface area contributed by atoms with Gasteiger partial charge in [-0.1, -0.05) is 41.9 Å². The van der Waals surface area contributed by atoms with Gasteiger partial charge in [-0.3, -0.25) is 14.4 Å². The second kappa shape index (κ2) is 13.4. The van der Waals surface area contributed by atoms with Gasteiger partial charge < -0.3 is 20.3 Å². The van der Waals surface area contributed by atoms with E-state index in [0.717, 1.165) is 11.8 Å². The zero-order valence-corrected chi connectivity index (χ0v) is 22.1. The highest BCUT2D eigenvalue weighted by Crippen LogP contribution is 2.23. The van der Waals surface area contributed by atoms with Crippen molar-refractivity contribution in [3.8, 4) is 5.75 Å². The van der Waals surface area contributed by atoms with Gasteiger partial charge in [-0.25, -0.2) is 13.1 Å². The van der Waals surface area contributed by atoms with Crippen LogP contribution in [-0.2, 0) is 26.0 Å². The average Bonchev–Trinajstić information content (AvgIpc) is 2.85. The molecule has 200 valence electrons. The fourth-order valence-electron chi connectivity index (χ4n) is 3.81. The van der Waals surface area contributed by atoms with E-state index in [4.69, 9.17) is 16.3 Å². The second-order valence-electron chi connectivity index (χ2n) is 8.78. The third kappa shape index (κ3) is 9.67. The maximum absolute atomic E-state index is 13.0. The van der Waals surface area contributed by atoms with Crippen molar-refractivity contribution in [3.63, 3.8) is 0 Å². The van der Waals surface area contributed by atoms with Crippen LogP contribution in [0.15, 0.2) is 48.5 Å². The molecule has 3 amide bonds. The average molecular weight is 551 g/mol. The molecule has 0 bridgehead atoms. The predicted octanol–water partition coefficient (Wildman–Crippen LogP) is 1.35. The molecule has 0 unspecified atom stereocenters. The third-order valence-electron chi connectivity index (χ3n) is 5.63. The molecule has 10 nitrogen and oxygen atoms in total. The highest BCUT2D eigenvalue weighted by atomic mass is 35.5. The van der Waals surface area contributed by atoms with E-state index in [-0.39, 0.29) is 31.2 Å². The van der Waals surface area contributed by atoms with Crippen LogP contribution < -0.4 is 20.1 Å². The number of nitrogens with one attached hydrogen (secondary N) is 3. The van der Waals surface area contributed by atoms with Crippen LogP contribution in [0.3, 0.4) is 0 Å². The molecule has 0 aromatic heterocycles. The fourth-order valence-corrected chi connectivity index (χ4v) is 4.37. The molecule has 0 fully saturated rings. The Hall–Kier alpha value is -3.15. The molecule has 2 aromatic carbocycles. The standard InChI is InChI=1S/C25H31ClN4O6S/c1-37(34,35)28-15-24(32)30-12-6-5-11-27-25(33)21-14-19(26)9-10-22(21)36-17-20(29-23(31)16-30)13-18-7-3-2-4-8-18/h2-4,7-10,14,20,28H,5-6,11-13,15-17H2,1H3,(H,27,33)(H,29,31)/t20-/m1/s1. The van der Waals surface area contributed by atoms with Gasteiger partial charge in [0.15, 0.2) is 0 Å². The molecule has 1 aliphatic heterocycles. The molecule has 2 aromatic rings. The Morgan fingerprint density at radius 2 is 1.92 bits per heavy atom. The van der Waals surface area contributed by atoms with Crippen molar-refractivity contribution in [2.45, 2.75) is 25.3 Å². The number of fused-ring (bicyclic) bond motifs is 1. The number of carbonyl (C=O) groups excluding carboxylic acids is 3. The number of rotatable bonds is 5. The van der Waals surface area contributed by atoms with E-state index in [1.807, 2.05) is 30.3 Å². The van der Waals surface area contributed by atoms with Crippen molar-refractivity contribution < 1.29 is 27.5 Å². The summed E-state index contributed by atoms with van der Waals surface area (Å²) in [5, 5.41) is 6.14. The number of halogens is 1. The van der Waals surface area contributed by atoms with Crippen LogP contribution in [0.25, 0.3) is 0 Å². The Bertz CT molecular complexity index is 1210. The SMILES string of the molecule is CS(=O)(=O)NCC(=O)N1CCCCNC(=O)c2cc(Cl)ccc2OC[C@@H](Cc2ccccc2)NC(=O)C1. The fraction of sp³-hybridized carbons (Fsp3) is 0.400. The Morgan fingerprint density at radius 1 is 1.16 bits per heavy atom. The van der Waals surface area contributed by atoms with E-state index in [2.05, 4.69) is 15.4 Å². The summed E-state index contributed by atoms with van der Waals surface area (Å²) in [6.45, 7) is -0.0806. The number of hydrogen-bond donors (Lipinski definition) is 3. The maximum Gasteiger partial charge on any atom is 0.255 e. The number of hydrogen-bond acceptors (Lipinski definition) is 6. The summed E-state index contributed by atoms with van der Waals surface area (Å²) in [4.78, 5) is 39.8. The molecule has 3 N–H and O–H groups in total. The molecule has 37 heavy (non-hydrogen) atoms. The van der Waals surface area contributed by atoms with Crippen LogP contribution in [0.2, 0.25) is 5.02 Å². The van der Waals surface area contributed by atoms with Crippen LogP contribution in [0.1, 0.15) is 28.8 Å². The first-order valence-electron chi connectivity index (χ1n) is 11.9. The molecule has 1 aliphatic rings. The van der Waals surface area contributed by atoms with Crippen LogP contribution >= 0.6 is 11.6 Å². The second-order valence-corrected chi connectivity index (χ2v) is 11.0. The lowest BCUT2D eigenvalue weighted by atomic mass is 10.1. The van der Waals surface area contributed by atoms with Gasteiger partial charge in [-0.15, -0.1) is 0 Å². The highest BCUT2D eigenvalue weighted by molar-refractivity contribution is 7.88. The minimum absolute atomic E-state index is 0.0616. The largest absolute Gasteiger partial charge is 0.491 e. The van der Waals surface area contributed by atoms with E-state index >= 15 is 0 Å². The Balaban J connectivity index is 1.82. The molecule has 12 heteroatoms. The lowest BCUT2D eigenvalue weighted by molar-refractivity contribution is -0.135. The molecular weight excluding hydrogens is 520 g/mol. The summed E-state index contributed by atoms with van der Waals surface area (Å²) >= 11 is 6.12. The molecule has 0 saturated heterocycles. The van der Waals surface area contributed by atoms with E-state index in [9.17, 15) is 22.8 Å². The van der Waals surface area contributed by atoms with Gasteiger partial charge in [0.1, 0.15) is 12.4 Å². The summed E-state index contributed by atoms with van der Waals surface area (Å²) in [6, 6.07) is 13.8. The summed E-state index contributed by atoms with van der Waals surface area (Å²) < 4.78 is 31.0. The molecular formula is C25H31ClN4O6S. The molecule has 1 heterocycles. The molecule has 0 aliphatic carbocycles. The number of carbonyl (C=O) groups is 3. The van der Waals surface area contributed by atoms with E-state index < -0.39 is 34.4 Å². The molecule has 3 rings (SSSR count). The van der Waals surface area contributed by atoms with Crippen molar-refractivity contribution >= 4 is 39.3 Å². The van der Waals surface area contributed by atoms with Gasteiger partial charge in [-0.05, 0) is 43.0 Å². The van der Waals surface area contributed by atoms with Crippen molar-refractivity contribution in [1.29, 1.82) is 0 Å². The minimum atomic E-state index is -3.57. The van der Waals surface area contributed by atoms with Crippen molar-refractivity contribution in [3.05, 3.63) is 64.7 Å². The molecule has 0 radical (unpaired) electrons. The first-order valence-corrected chi connectivity index (χ1v) is 14.1. The van der Waals surface area contributed by atoms with Crippen molar-refractivity contribution in [2.75, 3.05) is 39.0 Å². The number of nitrogens with zero attached hydrogens (tertiary/aromatic N) is 1. The quantitative estimate of drug-likeness (QED) is 0.514. The summed E-state index contributed by atoms with van der Waals surface area (Å²) in [5.41, 5.74) is 1.25. The van der Waals surface area contributed by atoms with E-state index in [1.54, 1.807) is 12.1 Å². The molecule has 0 spiro atoms. The smallest absolute Gasteiger partial charge is 0.255 e. The first-order chi connectivity index (χ1) is 17.6. The number of ether oxygens (including phenoxy) is 1. The molecule has 1 atom stereocenters. The van der Waals surface area contributed by atoms with Gasteiger partial charge >= 0.3 is 0 Å². The van der Waals surface area contributed by atoms with Gasteiger partial charge in [-0.2, -0.15) is 0 Å². The summed E-state index contributed by atoms with van der Waals surface area (Å²) in [7, 11) is -3.57. The van der Waals surface area contributed by atoms with E-state index in [1.165, 1.54) is 11.0 Å². The Kier molecular flexibility index (Phi) is 10.3. The third-order valence-corrected chi connectivity index (χ3v) is 6.53. The van der Waals surface area contributed by atoms with Crippen molar-refractivity contribution in [2.24, 2.45) is 0 Å². The number of sulfonamides is 1. The zero-order valence-electron chi connectivity index (χ0n) is 20.5. The number of amides is 3. The predicted molar refractivity (Wildman–Crippen MR) is 140 cm³/mol. The Morgan fingerprint density at radius 3 is 2.65 bits per heavy atom. The van der Waals surface area contributed by atoms with Gasteiger partial charge in [0.05, 0.1) is 31.0 Å². The van der Waals surface area contributed by atoms with Crippen molar-refractivity contribution in [1.82, 2.24) is 20.3 Å². The highest BCUT2D eigenvalue weighted by Gasteiger charge is 2.22. The maximum atomic E-state index is 13.0. The Labute approximate surface area is 221 Å². The van der Waals surface area contributed by atoms with Gasteiger partial charge in [0.2, 0.25) is 21.8 Å². The molecule has 0 saturated carbocycles. The van der Waals surface area contributed by atoms with Crippen LogP contribution in [0.5, 0.6) is 5.75 Å². The summed E-state index contributed by atoms with van der Waals surface area (Å²) in [5.74, 6) is -0.932. The van der Waals surface area contributed by atoms with Gasteiger partial charge in [0, 0.05) is 18.1 Å².